The molecule has 4 rings (SSSR count). The quantitative estimate of drug-likeness (QED) is 0.0965. The van der Waals surface area contributed by atoms with Gasteiger partial charge in [-0.1, -0.05) is 47.5 Å². The summed E-state index contributed by atoms with van der Waals surface area (Å²) in [5.74, 6) is -0.692. The Morgan fingerprint density at radius 2 is 0.857 bits per heavy atom. The minimum absolute atomic E-state index is 0.280. The summed E-state index contributed by atoms with van der Waals surface area (Å²) < 4.78 is 155. The van der Waals surface area contributed by atoms with E-state index in [4.69, 9.17) is 17.8 Å². The fourth-order valence-electron chi connectivity index (χ4n) is 4.20. The second-order valence-electron chi connectivity index (χ2n) is 11.2. The average Bonchev–Trinajstić information content (AvgIpc) is 3.04. The Labute approximate surface area is 279 Å². The van der Waals surface area contributed by atoms with Crippen molar-refractivity contribution in [3.8, 4) is 11.5 Å². The van der Waals surface area contributed by atoms with Crippen LogP contribution in [0, 0.1) is 19.3 Å². The number of rotatable bonds is 14. The molecule has 0 radical (unpaired) electrons. The third kappa shape index (κ3) is 10.4. The molecule has 0 aromatic heterocycles. The molecule has 0 saturated carbocycles. The number of ether oxygens (including phenoxy) is 2. The molecule has 0 atom stereocenters. The molecule has 0 spiro atoms. The van der Waals surface area contributed by atoms with Crippen LogP contribution in [0.15, 0.2) is 107 Å². The minimum Gasteiger partial charge on any atom is -0.493 e. The molecule has 49 heavy (non-hydrogen) atoms. The highest BCUT2D eigenvalue weighted by Gasteiger charge is 2.39. The molecular formula is C33H30F6O8S2. The van der Waals surface area contributed by atoms with E-state index >= 15 is 0 Å². The normalized spacial score (nSPS) is 12.9. The first kappa shape index (κ1) is 37.7. The molecule has 16 heteroatoms. The van der Waals surface area contributed by atoms with Crippen LogP contribution in [-0.4, -0.2) is 43.3 Å². The number of alkyl halides is 6. The third-order valence-electron chi connectivity index (χ3n) is 7.07. The number of halogens is 6. The summed E-state index contributed by atoms with van der Waals surface area (Å²) in [6, 6.07) is 18.3. The lowest BCUT2D eigenvalue weighted by atomic mass is 9.92. The van der Waals surface area contributed by atoms with Gasteiger partial charge in [-0.3, -0.25) is 8.37 Å². The van der Waals surface area contributed by atoms with Gasteiger partial charge >= 0.3 is 12.4 Å². The second-order valence-corrected chi connectivity index (χ2v) is 14.4. The molecule has 8 nitrogen and oxygen atoms in total. The molecule has 0 heterocycles. The van der Waals surface area contributed by atoms with Crippen LogP contribution >= 0.6 is 0 Å². The maximum Gasteiger partial charge on any atom is 0.416 e. The molecule has 0 fully saturated rings. The molecule has 264 valence electrons. The molecule has 0 bridgehead atoms. The fourth-order valence-corrected chi connectivity index (χ4v) is 6.22. The Balaban J connectivity index is 1.74. The Kier molecular flexibility index (Phi) is 11.4. The van der Waals surface area contributed by atoms with Crippen LogP contribution in [0.5, 0.6) is 11.5 Å². The molecule has 0 aliphatic carbocycles. The van der Waals surface area contributed by atoms with E-state index in [-0.39, 0.29) is 21.3 Å². The summed E-state index contributed by atoms with van der Waals surface area (Å²) in [6.45, 7) is -0.00991. The zero-order valence-corrected chi connectivity index (χ0v) is 27.5. The lowest BCUT2D eigenvalue weighted by Gasteiger charge is -2.32. The van der Waals surface area contributed by atoms with Crippen molar-refractivity contribution in [1.29, 1.82) is 0 Å². The van der Waals surface area contributed by atoms with Crippen molar-refractivity contribution in [3.63, 3.8) is 0 Å². The van der Waals surface area contributed by atoms with Crippen molar-refractivity contribution >= 4 is 20.2 Å². The van der Waals surface area contributed by atoms with E-state index in [9.17, 15) is 43.2 Å². The van der Waals surface area contributed by atoms with Gasteiger partial charge in [0.2, 0.25) is 0 Å². The summed E-state index contributed by atoms with van der Waals surface area (Å²) >= 11 is 0. The fraction of sp³-hybridized carbons (Fsp3) is 0.273. The van der Waals surface area contributed by atoms with Gasteiger partial charge in [0.1, 0.15) is 24.7 Å². The highest BCUT2D eigenvalue weighted by atomic mass is 32.2. The van der Waals surface area contributed by atoms with Crippen molar-refractivity contribution in [2.45, 2.75) is 36.0 Å². The van der Waals surface area contributed by atoms with Crippen molar-refractivity contribution in [1.82, 2.24) is 0 Å². The predicted octanol–water partition coefficient (Wildman–Crippen LogP) is 7.60. The zero-order valence-electron chi connectivity index (χ0n) is 25.9. The van der Waals surface area contributed by atoms with E-state index in [1.165, 1.54) is 60.7 Å². The molecule has 0 saturated heterocycles. The molecule has 0 N–H and O–H groups in total. The lowest BCUT2D eigenvalue weighted by molar-refractivity contribution is -0.138. The molecule has 0 amide bonds. The highest BCUT2D eigenvalue weighted by molar-refractivity contribution is 7.87. The van der Waals surface area contributed by atoms with Gasteiger partial charge in [0, 0.05) is 0 Å². The minimum atomic E-state index is -4.75. The van der Waals surface area contributed by atoms with Crippen LogP contribution < -0.4 is 9.47 Å². The van der Waals surface area contributed by atoms with Gasteiger partial charge in [-0.2, -0.15) is 43.2 Å². The summed E-state index contributed by atoms with van der Waals surface area (Å²) in [5, 5.41) is 0. The zero-order chi connectivity index (χ0) is 36.1. The van der Waals surface area contributed by atoms with Crippen molar-refractivity contribution in [3.05, 3.63) is 119 Å². The summed E-state index contributed by atoms with van der Waals surface area (Å²) in [7, 11) is -9.11. The maximum atomic E-state index is 13.4. The van der Waals surface area contributed by atoms with Gasteiger partial charge in [0.05, 0.1) is 39.5 Å². The van der Waals surface area contributed by atoms with Gasteiger partial charge in [0.25, 0.3) is 20.2 Å². The first-order valence-corrected chi connectivity index (χ1v) is 17.1. The third-order valence-corrected chi connectivity index (χ3v) is 9.63. The maximum absolute atomic E-state index is 13.4. The van der Waals surface area contributed by atoms with E-state index in [1.54, 1.807) is 13.8 Å². The monoisotopic (exact) mass is 732 g/mol. The molecular weight excluding hydrogens is 702 g/mol. The average molecular weight is 733 g/mol. The van der Waals surface area contributed by atoms with Crippen LogP contribution in [0.1, 0.15) is 22.3 Å². The van der Waals surface area contributed by atoms with Crippen LogP contribution in [-0.2, 0) is 41.0 Å². The van der Waals surface area contributed by atoms with E-state index in [2.05, 4.69) is 0 Å². The summed E-state index contributed by atoms with van der Waals surface area (Å²) in [6.07, 6.45) is -9.50. The van der Waals surface area contributed by atoms with Crippen LogP contribution in [0.4, 0.5) is 26.3 Å². The largest absolute Gasteiger partial charge is 0.493 e. The Morgan fingerprint density at radius 3 is 1.18 bits per heavy atom. The molecule has 4 aromatic carbocycles. The van der Waals surface area contributed by atoms with Crippen molar-refractivity contribution in [2.75, 3.05) is 26.4 Å². The van der Waals surface area contributed by atoms with Crippen LogP contribution in [0.3, 0.4) is 0 Å². The van der Waals surface area contributed by atoms with Crippen LogP contribution in [0.2, 0.25) is 0 Å². The standard InChI is InChI=1S/C33H30F6O8S2/c1-23-9-13-29(14-10-23)48(40,41)46-21-31(19-44-27-7-3-5-25(17-27)32(34,35)36,20-45-28-8-4-6-26(18-28)33(37,38)39)22-47-49(42,43)30-15-11-24(2)12-16-30/h3-18H,19-22H2,1-2H3. The second kappa shape index (κ2) is 14.8. The first-order chi connectivity index (χ1) is 22.8. The summed E-state index contributed by atoms with van der Waals surface area (Å²) in [5.41, 5.74) is -2.68. The van der Waals surface area contributed by atoms with Gasteiger partial charge in [0.15, 0.2) is 0 Å². The van der Waals surface area contributed by atoms with Crippen LogP contribution in [0.25, 0.3) is 0 Å². The Hall–Kier alpha value is -4.12. The number of benzene rings is 4. The molecule has 0 aliphatic heterocycles. The predicted molar refractivity (Wildman–Crippen MR) is 165 cm³/mol. The van der Waals surface area contributed by atoms with Crippen molar-refractivity contribution < 1.29 is 61.0 Å². The first-order valence-electron chi connectivity index (χ1n) is 14.3. The van der Waals surface area contributed by atoms with Crippen molar-refractivity contribution in [2.24, 2.45) is 5.41 Å². The van der Waals surface area contributed by atoms with E-state index in [0.29, 0.717) is 12.1 Å². The number of hydrogen-bond acceptors (Lipinski definition) is 8. The molecule has 0 aliphatic rings. The van der Waals surface area contributed by atoms with E-state index in [1.807, 2.05) is 0 Å². The highest BCUT2D eigenvalue weighted by Crippen LogP contribution is 2.34. The van der Waals surface area contributed by atoms with Gasteiger partial charge in [-0.25, -0.2) is 0 Å². The van der Waals surface area contributed by atoms with E-state index in [0.717, 1.165) is 35.4 Å². The topological polar surface area (TPSA) is 105 Å². The van der Waals surface area contributed by atoms with Gasteiger partial charge in [-0.05, 0) is 74.5 Å². The van der Waals surface area contributed by atoms with Gasteiger partial charge < -0.3 is 9.47 Å². The Morgan fingerprint density at radius 1 is 0.510 bits per heavy atom. The molecule has 0 unspecified atom stereocenters. The molecule has 4 aromatic rings. The summed E-state index contributed by atoms with van der Waals surface area (Å²) in [4.78, 5) is -0.560. The van der Waals surface area contributed by atoms with E-state index < -0.39 is 75.6 Å². The number of hydrogen-bond donors (Lipinski definition) is 0. The smallest absolute Gasteiger partial charge is 0.416 e. The lowest BCUT2D eigenvalue weighted by Crippen LogP contribution is -2.44. The SMILES string of the molecule is Cc1ccc(S(=O)(=O)OCC(COc2cccc(C(F)(F)F)c2)(COc2cccc(C(F)(F)F)c2)COS(=O)(=O)c2ccc(C)cc2)cc1. The number of aryl methyl sites for hydroxylation is 2. The Bertz CT molecular complexity index is 1800. The van der Waals surface area contributed by atoms with Gasteiger partial charge in [-0.15, -0.1) is 0 Å².